The number of nitrogens with one attached hydrogen (secondary N) is 1. The van der Waals surface area contributed by atoms with Crippen LogP contribution in [-0.2, 0) is 10.2 Å². The molecule has 112 valence electrons. The zero-order valence-corrected chi connectivity index (χ0v) is 13.7. The van der Waals surface area contributed by atoms with Crippen molar-refractivity contribution >= 4 is 29.0 Å². The van der Waals surface area contributed by atoms with Crippen molar-refractivity contribution in [2.24, 2.45) is 0 Å². The van der Waals surface area contributed by atoms with E-state index in [4.69, 9.17) is 0 Å². The van der Waals surface area contributed by atoms with Gasteiger partial charge in [-0.1, -0.05) is 45.0 Å². The Morgan fingerprint density at radius 2 is 1.91 bits per heavy atom. The van der Waals surface area contributed by atoms with Crippen LogP contribution in [-0.4, -0.2) is 10.9 Å². The van der Waals surface area contributed by atoms with Gasteiger partial charge in [0.05, 0.1) is 5.51 Å². The summed E-state index contributed by atoms with van der Waals surface area (Å²) < 4.78 is 0. The normalized spacial score (nSPS) is 16.8. The molecule has 1 amide bonds. The quantitative estimate of drug-likeness (QED) is 0.852. The van der Waals surface area contributed by atoms with E-state index in [1.54, 1.807) is 11.7 Å². The smallest absolute Gasteiger partial charge is 0.255 e. The molecule has 4 heteroatoms. The molecule has 0 aliphatic carbocycles. The van der Waals surface area contributed by atoms with E-state index in [9.17, 15) is 4.79 Å². The average Bonchev–Trinajstić information content (AvgIpc) is 3.09. The van der Waals surface area contributed by atoms with Gasteiger partial charge in [-0.25, -0.2) is 0 Å². The van der Waals surface area contributed by atoms with Gasteiger partial charge in [0, 0.05) is 22.3 Å². The molecule has 22 heavy (non-hydrogen) atoms. The first-order chi connectivity index (χ1) is 10.4. The molecule has 0 saturated carbocycles. The second kappa shape index (κ2) is 5.54. The van der Waals surface area contributed by atoms with E-state index < -0.39 is 0 Å². The lowest BCUT2D eigenvalue weighted by Crippen LogP contribution is -2.16. The Morgan fingerprint density at radius 3 is 2.50 bits per heavy atom. The molecule has 2 heterocycles. The van der Waals surface area contributed by atoms with E-state index in [1.807, 2.05) is 12.2 Å². The van der Waals surface area contributed by atoms with Gasteiger partial charge in [0.25, 0.3) is 5.91 Å². The van der Waals surface area contributed by atoms with Crippen molar-refractivity contribution in [1.29, 1.82) is 0 Å². The molecule has 0 unspecified atom stereocenters. The highest BCUT2D eigenvalue weighted by molar-refractivity contribution is 7.10. The molecule has 3 nitrogen and oxygen atoms in total. The molecule has 1 aliphatic heterocycles. The molecule has 0 fully saturated rings. The van der Waals surface area contributed by atoms with Crippen molar-refractivity contribution in [3.63, 3.8) is 0 Å². The summed E-state index contributed by atoms with van der Waals surface area (Å²) in [5.41, 5.74) is 5.70. The molecule has 0 saturated heterocycles. The van der Waals surface area contributed by atoms with E-state index >= 15 is 0 Å². The number of hydrogen-bond donors (Lipinski definition) is 1. The van der Waals surface area contributed by atoms with Gasteiger partial charge >= 0.3 is 0 Å². The summed E-state index contributed by atoms with van der Waals surface area (Å²) in [6.07, 6.45) is 5.52. The highest BCUT2D eigenvalue weighted by Crippen LogP contribution is 2.26. The van der Waals surface area contributed by atoms with Crippen LogP contribution in [0.3, 0.4) is 0 Å². The van der Waals surface area contributed by atoms with Crippen LogP contribution in [0.15, 0.2) is 47.6 Å². The molecule has 0 spiro atoms. The van der Waals surface area contributed by atoms with Crippen molar-refractivity contribution in [3.05, 3.63) is 63.6 Å². The zero-order chi connectivity index (χ0) is 15.7. The van der Waals surface area contributed by atoms with Crippen molar-refractivity contribution in [2.45, 2.75) is 26.2 Å². The first-order valence-corrected chi connectivity index (χ1v) is 8.05. The van der Waals surface area contributed by atoms with Gasteiger partial charge in [0.1, 0.15) is 0 Å². The lowest BCUT2D eigenvalue weighted by molar-refractivity contribution is -0.115. The Kier molecular flexibility index (Phi) is 3.71. The fourth-order valence-corrected chi connectivity index (χ4v) is 2.87. The second-order valence-electron chi connectivity index (χ2n) is 6.34. The van der Waals surface area contributed by atoms with Crippen LogP contribution in [0.2, 0.25) is 0 Å². The Morgan fingerprint density at radius 1 is 1.18 bits per heavy atom. The number of aromatic nitrogens is 1. The second-order valence-corrected chi connectivity index (χ2v) is 7.26. The van der Waals surface area contributed by atoms with E-state index in [2.05, 4.69) is 55.3 Å². The van der Waals surface area contributed by atoms with Gasteiger partial charge in [-0.05, 0) is 28.7 Å². The molecule has 1 aromatic heterocycles. The van der Waals surface area contributed by atoms with Gasteiger partial charge in [0.15, 0.2) is 0 Å². The Hall–Kier alpha value is -2.20. The van der Waals surface area contributed by atoms with Gasteiger partial charge in [-0.3, -0.25) is 9.78 Å². The van der Waals surface area contributed by atoms with E-state index in [0.29, 0.717) is 5.57 Å². The Bertz CT molecular complexity index is 747. The fourth-order valence-electron chi connectivity index (χ4n) is 2.31. The number of thiazole rings is 1. The van der Waals surface area contributed by atoms with Gasteiger partial charge < -0.3 is 5.32 Å². The van der Waals surface area contributed by atoms with Crippen molar-refractivity contribution in [2.75, 3.05) is 0 Å². The van der Waals surface area contributed by atoms with Gasteiger partial charge in [-0.2, -0.15) is 0 Å². The summed E-state index contributed by atoms with van der Waals surface area (Å²) in [6.45, 7) is 6.57. The third-order valence-corrected chi connectivity index (χ3v) is 4.34. The largest absolute Gasteiger partial charge is 0.321 e. The number of carbonyl (C=O) groups is 1. The molecule has 3 rings (SSSR count). The average molecular weight is 310 g/mol. The summed E-state index contributed by atoms with van der Waals surface area (Å²) >= 11 is 1.52. The SMILES string of the molecule is CC(C)(C)c1ccc(C2=CC(=Cc3cncs3)C(=O)N2)cc1. The van der Waals surface area contributed by atoms with Crippen LogP contribution in [0.4, 0.5) is 0 Å². The highest BCUT2D eigenvalue weighted by atomic mass is 32.1. The molecule has 1 aliphatic rings. The van der Waals surface area contributed by atoms with Crippen LogP contribution in [0.5, 0.6) is 0 Å². The summed E-state index contributed by atoms with van der Waals surface area (Å²) in [5.74, 6) is -0.0664. The minimum Gasteiger partial charge on any atom is -0.321 e. The molecule has 0 bridgehead atoms. The molecular formula is C18H18N2OS. The van der Waals surface area contributed by atoms with Crippen LogP contribution in [0.1, 0.15) is 36.8 Å². The lowest BCUT2D eigenvalue weighted by atomic mass is 9.86. The van der Waals surface area contributed by atoms with Crippen LogP contribution < -0.4 is 5.32 Å². The first kappa shape index (κ1) is 14.7. The molecule has 1 aromatic carbocycles. The highest BCUT2D eigenvalue weighted by Gasteiger charge is 2.20. The molecule has 0 radical (unpaired) electrons. The van der Waals surface area contributed by atoms with Crippen molar-refractivity contribution in [3.8, 4) is 0 Å². The van der Waals surface area contributed by atoms with Gasteiger partial charge in [0.2, 0.25) is 0 Å². The fraction of sp³-hybridized carbons (Fsp3) is 0.222. The number of carbonyl (C=O) groups excluding carboxylic acids is 1. The topological polar surface area (TPSA) is 42.0 Å². The van der Waals surface area contributed by atoms with Crippen LogP contribution in [0.25, 0.3) is 11.8 Å². The monoisotopic (exact) mass is 310 g/mol. The molecule has 0 atom stereocenters. The van der Waals surface area contributed by atoms with Crippen LogP contribution in [0, 0.1) is 0 Å². The third kappa shape index (κ3) is 3.02. The third-order valence-electron chi connectivity index (χ3n) is 3.62. The van der Waals surface area contributed by atoms with Crippen molar-refractivity contribution < 1.29 is 4.79 Å². The number of benzene rings is 1. The van der Waals surface area contributed by atoms with E-state index in [1.165, 1.54) is 16.9 Å². The standard InChI is InChI=1S/C18H18N2OS/c1-18(2,3)14-6-4-12(5-7-14)16-9-13(17(21)20-16)8-15-10-19-11-22-15/h4-11H,1-3H3,(H,20,21). The predicted octanol–water partition coefficient (Wildman–Crippen LogP) is 3.99. The number of rotatable bonds is 2. The zero-order valence-electron chi connectivity index (χ0n) is 12.9. The minimum atomic E-state index is -0.0664. The Labute approximate surface area is 134 Å². The summed E-state index contributed by atoms with van der Waals surface area (Å²) in [7, 11) is 0. The van der Waals surface area contributed by atoms with E-state index in [0.717, 1.165) is 16.1 Å². The summed E-state index contributed by atoms with van der Waals surface area (Å²) in [4.78, 5) is 17.1. The number of nitrogens with zero attached hydrogens (tertiary/aromatic N) is 1. The minimum absolute atomic E-state index is 0.0664. The van der Waals surface area contributed by atoms with Crippen LogP contribution >= 0.6 is 11.3 Å². The summed E-state index contributed by atoms with van der Waals surface area (Å²) in [5, 5.41) is 2.93. The number of hydrogen-bond acceptors (Lipinski definition) is 3. The maximum Gasteiger partial charge on any atom is 0.255 e. The Balaban J connectivity index is 1.88. The van der Waals surface area contributed by atoms with Crippen molar-refractivity contribution in [1.82, 2.24) is 10.3 Å². The lowest BCUT2D eigenvalue weighted by Gasteiger charge is -2.19. The molecule has 1 N–H and O–H groups in total. The van der Waals surface area contributed by atoms with Gasteiger partial charge in [-0.15, -0.1) is 11.3 Å². The maximum atomic E-state index is 12.1. The first-order valence-electron chi connectivity index (χ1n) is 7.18. The summed E-state index contributed by atoms with van der Waals surface area (Å²) in [6, 6.07) is 8.35. The molecular weight excluding hydrogens is 292 g/mol. The van der Waals surface area contributed by atoms with E-state index in [-0.39, 0.29) is 11.3 Å². The molecule has 2 aromatic rings. The maximum absolute atomic E-state index is 12.1. The number of amides is 1. The predicted molar refractivity (Wildman–Crippen MR) is 91.4 cm³/mol.